The van der Waals surface area contributed by atoms with E-state index in [1.165, 1.54) is 0 Å². The Labute approximate surface area is 140 Å². The molecule has 2 fully saturated rings. The molecule has 4 N–H and O–H groups in total. The third-order valence-electron chi connectivity index (χ3n) is 5.47. The van der Waals surface area contributed by atoms with Gasteiger partial charge in [-0.05, 0) is 51.4 Å². The maximum absolute atomic E-state index is 13.6. The molecular formula is C18H35FN2O2. The lowest BCUT2D eigenvalue weighted by molar-refractivity contribution is 0.00510. The van der Waals surface area contributed by atoms with Gasteiger partial charge in [-0.1, -0.05) is 20.3 Å². The highest BCUT2D eigenvalue weighted by Crippen LogP contribution is 2.29. The summed E-state index contributed by atoms with van der Waals surface area (Å²) in [6.07, 6.45) is 3.90. The van der Waals surface area contributed by atoms with E-state index in [4.69, 9.17) is 0 Å². The minimum Gasteiger partial charge on any atom is -0.391 e. The van der Waals surface area contributed by atoms with Gasteiger partial charge < -0.3 is 20.8 Å². The Morgan fingerprint density at radius 2 is 1.52 bits per heavy atom. The van der Waals surface area contributed by atoms with Crippen molar-refractivity contribution >= 4 is 0 Å². The monoisotopic (exact) mass is 330 g/mol. The molecule has 2 aliphatic rings. The Morgan fingerprint density at radius 1 is 0.913 bits per heavy atom. The largest absolute Gasteiger partial charge is 0.391 e. The first-order chi connectivity index (χ1) is 10.9. The van der Waals surface area contributed by atoms with E-state index in [1.54, 1.807) is 0 Å². The van der Waals surface area contributed by atoms with Crippen LogP contribution >= 0.6 is 0 Å². The summed E-state index contributed by atoms with van der Waals surface area (Å²) >= 11 is 0. The number of halogens is 1. The Kier molecular flexibility index (Phi) is 7.26. The fraction of sp³-hybridized carbons (Fsp3) is 1.00. The number of aliphatic hydroxyl groups is 2. The van der Waals surface area contributed by atoms with E-state index in [0.29, 0.717) is 12.5 Å². The number of rotatable bonds is 6. The van der Waals surface area contributed by atoms with Gasteiger partial charge >= 0.3 is 0 Å². The van der Waals surface area contributed by atoms with Gasteiger partial charge in [0.25, 0.3) is 0 Å². The Bertz CT molecular complexity index is 356. The highest BCUT2D eigenvalue weighted by atomic mass is 19.1. The Balaban J connectivity index is 1.82. The second kappa shape index (κ2) is 8.75. The third kappa shape index (κ3) is 5.38. The summed E-state index contributed by atoms with van der Waals surface area (Å²) in [5, 5.41) is 27.5. The van der Waals surface area contributed by atoms with Crippen molar-refractivity contribution in [2.24, 2.45) is 5.92 Å². The lowest BCUT2D eigenvalue weighted by Crippen LogP contribution is -2.53. The molecule has 0 spiro atoms. The van der Waals surface area contributed by atoms with Crippen LogP contribution in [0, 0.1) is 5.92 Å². The zero-order valence-corrected chi connectivity index (χ0v) is 14.8. The maximum Gasteiger partial charge on any atom is 0.127 e. The Hall–Kier alpha value is -0.230. The summed E-state index contributed by atoms with van der Waals surface area (Å²) in [6.45, 7) is 6.30. The van der Waals surface area contributed by atoms with E-state index >= 15 is 0 Å². The van der Waals surface area contributed by atoms with E-state index in [0.717, 1.165) is 38.5 Å². The van der Waals surface area contributed by atoms with Crippen molar-refractivity contribution in [1.82, 2.24) is 10.6 Å². The highest BCUT2D eigenvalue weighted by molar-refractivity contribution is 4.91. The van der Waals surface area contributed by atoms with Crippen molar-refractivity contribution in [3.63, 3.8) is 0 Å². The molecule has 0 saturated heterocycles. The van der Waals surface area contributed by atoms with Crippen LogP contribution in [0.5, 0.6) is 0 Å². The number of nitrogens with one attached hydrogen (secondary N) is 2. The SMILES string of the molecule is CC(C)NC1CCCC(CC(C)N[C@H]2CCC[C@@H](F)[C@H]2O)C1O. The van der Waals surface area contributed by atoms with Crippen LogP contribution in [-0.4, -0.2) is 52.8 Å². The molecule has 0 heterocycles. The van der Waals surface area contributed by atoms with Crippen molar-refractivity contribution in [2.75, 3.05) is 0 Å². The van der Waals surface area contributed by atoms with Gasteiger partial charge in [0.15, 0.2) is 0 Å². The topological polar surface area (TPSA) is 64.5 Å². The van der Waals surface area contributed by atoms with Crippen molar-refractivity contribution in [3.05, 3.63) is 0 Å². The zero-order chi connectivity index (χ0) is 17.0. The molecule has 136 valence electrons. The summed E-state index contributed by atoms with van der Waals surface area (Å²) in [7, 11) is 0. The van der Waals surface area contributed by atoms with Crippen LogP contribution in [0.2, 0.25) is 0 Å². The van der Waals surface area contributed by atoms with E-state index < -0.39 is 12.3 Å². The fourth-order valence-corrected chi connectivity index (χ4v) is 4.33. The molecule has 2 saturated carbocycles. The molecule has 4 unspecified atom stereocenters. The second-order valence-corrected chi connectivity index (χ2v) is 7.96. The molecular weight excluding hydrogens is 295 g/mol. The highest BCUT2D eigenvalue weighted by Gasteiger charge is 2.35. The van der Waals surface area contributed by atoms with Gasteiger partial charge in [-0.25, -0.2) is 4.39 Å². The number of hydrogen-bond donors (Lipinski definition) is 4. The first-order valence-electron chi connectivity index (χ1n) is 9.40. The van der Waals surface area contributed by atoms with Gasteiger partial charge in [0, 0.05) is 24.2 Å². The number of aliphatic hydroxyl groups excluding tert-OH is 2. The van der Waals surface area contributed by atoms with Crippen molar-refractivity contribution in [2.45, 2.75) is 108 Å². The van der Waals surface area contributed by atoms with Crippen LogP contribution in [0.1, 0.15) is 65.7 Å². The predicted molar refractivity (Wildman–Crippen MR) is 91.2 cm³/mol. The van der Waals surface area contributed by atoms with Crippen LogP contribution in [0.25, 0.3) is 0 Å². The van der Waals surface area contributed by atoms with Gasteiger partial charge in [0.1, 0.15) is 12.3 Å². The molecule has 0 radical (unpaired) electrons. The molecule has 23 heavy (non-hydrogen) atoms. The van der Waals surface area contributed by atoms with Crippen LogP contribution in [0.3, 0.4) is 0 Å². The first-order valence-corrected chi connectivity index (χ1v) is 9.40. The van der Waals surface area contributed by atoms with Crippen molar-refractivity contribution in [3.8, 4) is 0 Å². The Morgan fingerprint density at radius 3 is 2.17 bits per heavy atom. The molecule has 5 heteroatoms. The number of hydrogen-bond acceptors (Lipinski definition) is 4. The first kappa shape index (κ1) is 19.1. The normalized spacial score (nSPS) is 40.3. The van der Waals surface area contributed by atoms with Gasteiger partial charge in [-0.15, -0.1) is 0 Å². The van der Waals surface area contributed by atoms with Crippen LogP contribution in [-0.2, 0) is 0 Å². The van der Waals surface area contributed by atoms with Gasteiger partial charge in [-0.3, -0.25) is 0 Å². The van der Waals surface area contributed by atoms with Gasteiger partial charge in [-0.2, -0.15) is 0 Å². The van der Waals surface area contributed by atoms with E-state index in [-0.39, 0.29) is 30.1 Å². The zero-order valence-electron chi connectivity index (χ0n) is 14.8. The van der Waals surface area contributed by atoms with E-state index in [1.807, 2.05) is 0 Å². The average Bonchev–Trinajstić information content (AvgIpc) is 2.48. The molecule has 0 bridgehead atoms. The predicted octanol–water partition coefficient (Wildman–Crippen LogP) is 2.13. The molecule has 7 atom stereocenters. The maximum atomic E-state index is 13.6. The standard InChI is InChI=1S/C18H35FN2O2/c1-11(2)20-15-8-4-6-13(17(15)22)10-12(3)21-16-9-5-7-14(19)18(16)23/h11-18,20-23H,4-10H2,1-3H3/t12?,13?,14-,15?,16+,17?,18-/m1/s1. The molecule has 0 aliphatic heterocycles. The smallest absolute Gasteiger partial charge is 0.127 e. The van der Waals surface area contributed by atoms with Crippen LogP contribution in [0.4, 0.5) is 4.39 Å². The molecule has 0 aromatic heterocycles. The van der Waals surface area contributed by atoms with Gasteiger partial charge in [0.2, 0.25) is 0 Å². The summed E-state index contributed by atoms with van der Waals surface area (Å²) < 4.78 is 13.6. The lowest BCUT2D eigenvalue weighted by Gasteiger charge is -2.39. The third-order valence-corrected chi connectivity index (χ3v) is 5.47. The summed E-state index contributed by atoms with van der Waals surface area (Å²) in [5.41, 5.74) is 0. The summed E-state index contributed by atoms with van der Waals surface area (Å²) in [4.78, 5) is 0. The van der Waals surface area contributed by atoms with E-state index in [2.05, 4.69) is 31.4 Å². The quantitative estimate of drug-likeness (QED) is 0.602. The molecule has 0 aromatic rings. The summed E-state index contributed by atoms with van der Waals surface area (Å²) in [5.74, 6) is 0.268. The van der Waals surface area contributed by atoms with Crippen molar-refractivity contribution < 1.29 is 14.6 Å². The second-order valence-electron chi connectivity index (χ2n) is 7.96. The van der Waals surface area contributed by atoms with E-state index in [9.17, 15) is 14.6 Å². The fourth-order valence-electron chi connectivity index (χ4n) is 4.33. The average molecular weight is 330 g/mol. The van der Waals surface area contributed by atoms with Crippen molar-refractivity contribution in [1.29, 1.82) is 0 Å². The van der Waals surface area contributed by atoms with Gasteiger partial charge in [0.05, 0.1) is 6.10 Å². The van der Waals surface area contributed by atoms with Crippen LogP contribution in [0.15, 0.2) is 0 Å². The van der Waals surface area contributed by atoms with Crippen LogP contribution < -0.4 is 10.6 Å². The minimum atomic E-state index is -1.10. The summed E-state index contributed by atoms with van der Waals surface area (Å²) in [6, 6.07) is 0.579. The molecule has 0 aromatic carbocycles. The number of alkyl halides is 1. The molecule has 0 amide bonds. The lowest BCUT2D eigenvalue weighted by atomic mass is 9.79. The molecule has 2 rings (SSSR count). The molecule has 2 aliphatic carbocycles. The minimum absolute atomic E-state index is 0.154. The molecule has 4 nitrogen and oxygen atoms in total.